The summed E-state index contributed by atoms with van der Waals surface area (Å²) in [6, 6.07) is -2.53. The van der Waals surface area contributed by atoms with Crippen LogP contribution in [0.15, 0.2) is 24.3 Å². The van der Waals surface area contributed by atoms with Crippen molar-refractivity contribution in [1.29, 1.82) is 0 Å². The van der Waals surface area contributed by atoms with Crippen molar-refractivity contribution < 1.29 is 104 Å². The number of allylic oxidation sites excluding steroid dienone is 4. The van der Waals surface area contributed by atoms with Gasteiger partial charge in [0.05, 0.1) is 50.7 Å². The molecule has 0 aliphatic carbocycles. The molecule has 0 aromatic carbocycles. The summed E-state index contributed by atoms with van der Waals surface area (Å²) in [4.78, 5) is 38.6. The Bertz CT molecular complexity index is 2030. The molecule has 0 spiro atoms. The number of carboxylic acid groups (broad SMARTS) is 1. The van der Waals surface area contributed by atoms with Gasteiger partial charge >= 0.3 is 5.97 Å². The number of unbranched alkanes of at least 4 members (excludes halogenated alkanes) is 35. The van der Waals surface area contributed by atoms with Crippen LogP contribution in [0, 0.1) is 0 Å². The third kappa shape index (κ3) is 34.3. The van der Waals surface area contributed by atoms with Crippen molar-refractivity contribution in [3.8, 4) is 0 Å². The highest BCUT2D eigenvalue weighted by Crippen LogP contribution is 2.39. The van der Waals surface area contributed by atoms with E-state index in [4.69, 9.17) is 28.4 Å². The van der Waals surface area contributed by atoms with Crippen molar-refractivity contribution in [3.05, 3.63) is 24.3 Å². The zero-order valence-electron chi connectivity index (χ0n) is 59.0. The van der Waals surface area contributed by atoms with Crippen molar-refractivity contribution in [2.75, 3.05) is 26.4 Å². The second-order valence-corrected chi connectivity index (χ2v) is 27.5. The molecule has 562 valence electrons. The van der Waals surface area contributed by atoms with Crippen LogP contribution >= 0.6 is 0 Å². The van der Waals surface area contributed by atoms with Crippen molar-refractivity contribution in [2.24, 2.45) is 0 Å². The molecule has 18 atom stereocenters. The summed E-state index contributed by atoms with van der Waals surface area (Å²) < 4.78 is 34.9. The number of nitrogens with one attached hydrogen (secondary N) is 2. The number of aliphatic carboxylic acids is 1. The molecule has 3 aliphatic rings. The number of ether oxygens (including phenoxy) is 6. The van der Waals surface area contributed by atoms with Gasteiger partial charge in [-0.05, 0) is 38.5 Å². The van der Waals surface area contributed by atoms with Gasteiger partial charge in [0.25, 0.3) is 5.79 Å². The van der Waals surface area contributed by atoms with Gasteiger partial charge in [-0.25, -0.2) is 4.79 Å². The van der Waals surface area contributed by atoms with Gasteiger partial charge in [0.1, 0.15) is 67.1 Å². The summed E-state index contributed by atoms with van der Waals surface area (Å²) in [6.45, 7) is 2.20. The standard InChI is InChI=1S/C73H134N2O21/c1-4-6-8-10-12-14-16-18-20-22-24-25-26-27-29-30-32-34-36-38-40-42-44-46-55(80)54(75-60(83)47-45-43-41-39-37-35-33-31-28-23-21-19-17-15-13-11-9-7-5-2)52-91-70-65(87)64(86)67(59(51-78)93-70)94-71-66(88)69(63(85)58(50-77)92-71)96-73(72(89)90)48-56(81)61(74-53(3)79)68(95-73)62(84)57(82)49-76/h13,15,17,19,54-59,61-71,76-78,80-82,84-88H,4-12,14,16,18,20-52H2,1-3H3,(H,74,79)(H,75,83)(H,89,90)/b15-13-,19-17-. The normalized spacial score (nSPS) is 27.7. The van der Waals surface area contributed by atoms with Gasteiger partial charge < -0.3 is 100 Å². The maximum Gasteiger partial charge on any atom is 0.364 e. The predicted molar refractivity (Wildman–Crippen MR) is 366 cm³/mol. The fourth-order valence-corrected chi connectivity index (χ4v) is 13.2. The van der Waals surface area contributed by atoms with Gasteiger partial charge in [-0.3, -0.25) is 9.59 Å². The Balaban J connectivity index is 1.55. The molecule has 0 bridgehead atoms. The van der Waals surface area contributed by atoms with E-state index >= 15 is 0 Å². The van der Waals surface area contributed by atoms with Crippen LogP contribution < -0.4 is 10.6 Å². The van der Waals surface area contributed by atoms with Crippen LogP contribution in [-0.2, 0) is 42.8 Å². The third-order valence-corrected chi connectivity index (χ3v) is 19.2. The molecule has 23 nitrogen and oxygen atoms in total. The lowest BCUT2D eigenvalue weighted by Gasteiger charge is -2.50. The van der Waals surface area contributed by atoms with Gasteiger partial charge in [0.2, 0.25) is 11.8 Å². The lowest BCUT2D eigenvalue weighted by atomic mass is 9.88. The molecule has 0 aromatic rings. The van der Waals surface area contributed by atoms with Crippen LogP contribution in [0.1, 0.15) is 284 Å². The Morgan fingerprint density at radius 1 is 0.542 bits per heavy atom. The van der Waals surface area contributed by atoms with Crippen molar-refractivity contribution in [2.45, 2.75) is 394 Å². The van der Waals surface area contributed by atoms with E-state index in [0.29, 0.717) is 19.3 Å². The number of amides is 2. The molecule has 3 saturated heterocycles. The number of rotatable bonds is 58. The van der Waals surface area contributed by atoms with Crippen LogP contribution in [0.5, 0.6) is 0 Å². The molecular weight excluding hydrogens is 1240 g/mol. The second kappa shape index (κ2) is 53.1. The minimum atomic E-state index is -3.08. The molecule has 0 saturated carbocycles. The van der Waals surface area contributed by atoms with E-state index in [1.807, 2.05) is 0 Å². The highest BCUT2D eigenvalue weighted by molar-refractivity contribution is 5.77. The van der Waals surface area contributed by atoms with Crippen LogP contribution in [0.25, 0.3) is 0 Å². The molecule has 0 aromatic heterocycles. The Morgan fingerprint density at radius 3 is 1.46 bits per heavy atom. The van der Waals surface area contributed by atoms with Crippen molar-refractivity contribution >= 4 is 17.8 Å². The van der Waals surface area contributed by atoms with E-state index < -0.39 is 148 Å². The number of hydrogen-bond acceptors (Lipinski definition) is 20. The van der Waals surface area contributed by atoms with Crippen molar-refractivity contribution in [3.63, 3.8) is 0 Å². The molecule has 3 heterocycles. The Labute approximate surface area is 574 Å². The maximum atomic E-state index is 13.5. The van der Waals surface area contributed by atoms with Crippen LogP contribution in [0.3, 0.4) is 0 Å². The highest BCUT2D eigenvalue weighted by Gasteiger charge is 2.60. The molecule has 96 heavy (non-hydrogen) atoms. The quantitative estimate of drug-likeness (QED) is 0.0201. The number of carboxylic acids is 1. The minimum Gasteiger partial charge on any atom is -0.477 e. The molecule has 3 rings (SSSR count). The molecule has 2 amide bonds. The Kier molecular flexibility index (Phi) is 48.3. The molecule has 3 aliphatic heterocycles. The van der Waals surface area contributed by atoms with Gasteiger partial charge in [0, 0.05) is 19.8 Å². The number of carbonyl (C=O) groups excluding carboxylic acids is 2. The van der Waals surface area contributed by atoms with E-state index in [0.717, 1.165) is 71.1 Å². The Morgan fingerprint density at radius 2 is 0.990 bits per heavy atom. The molecule has 23 heteroatoms. The second-order valence-electron chi connectivity index (χ2n) is 27.5. The molecule has 3 fully saturated rings. The first-order valence-corrected chi connectivity index (χ1v) is 37.7. The number of hydrogen-bond donors (Lipinski definition) is 14. The first-order chi connectivity index (χ1) is 46.4. The summed E-state index contributed by atoms with van der Waals surface area (Å²) in [7, 11) is 0. The average Bonchev–Trinajstić information content (AvgIpc) is 0.758. The van der Waals surface area contributed by atoms with E-state index in [2.05, 4.69) is 48.8 Å². The predicted octanol–water partition coefficient (Wildman–Crippen LogP) is 8.40. The van der Waals surface area contributed by atoms with Gasteiger partial charge in [0.15, 0.2) is 12.6 Å². The smallest absolute Gasteiger partial charge is 0.364 e. The van der Waals surface area contributed by atoms with Gasteiger partial charge in [-0.1, -0.05) is 250 Å². The molecular formula is C73H134N2O21. The fourth-order valence-electron chi connectivity index (χ4n) is 13.2. The molecule has 0 radical (unpaired) electrons. The summed E-state index contributed by atoms with van der Waals surface area (Å²) in [5, 5.41) is 136. The van der Waals surface area contributed by atoms with E-state index in [9.17, 15) is 75.7 Å². The largest absolute Gasteiger partial charge is 0.477 e. The molecule has 18 unspecified atom stereocenters. The summed E-state index contributed by atoms with van der Waals surface area (Å²) in [6.07, 6.45) is 25.9. The zero-order valence-corrected chi connectivity index (χ0v) is 59.0. The monoisotopic (exact) mass is 1370 g/mol. The van der Waals surface area contributed by atoms with Crippen LogP contribution in [0.2, 0.25) is 0 Å². The summed E-state index contributed by atoms with van der Waals surface area (Å²) in [5.74, 6) is -6.10. The third-order valence-electron chi connectivity index (χ3n) is 19.2. The van der Waals surface area contributed by atoms with Crippen LogP contribution in [0.4, 0.5) is 0 Å². The lowest BCUT2D eigenvalue weighted by molar-refractivity contribution is -0.386. The SMILES string of the molecule is CCCCC/C=C\C=C/CCCCCCCCCCCCC(=O)NC(COC1OC(CO)C(OC2OC(CO)C(O)C(OC3(C(=O)O)CC(O)C(NC(C)=O)C(C(O)C(O)CO)O3)C2O)C(O)C1O)C(O)CCCCCCCCCCCCCCCCCCCCCCCCC. The van der Waals surface area contributed by atoms with Gasteiger partial charge in [-0.2, -0.15) is 0 Å². The maximum absolute atomic E-state index is 13.5. The first-order valence-electron chi connectivity index (χ1n) is 37.7. The summed E-state index contributed by atoms with van der Waals surface area (Å²) >= 11 is 0. The topological polar surface area (TPSA) is 373 Å². The van der Waals surface area contributed by atoms with Crippen molar-refractivity contribution in [1.82, 2.24) is 10.6 Å². The average molecular weight is 1380 g/mol. The first kappa shape index (κ1) is 87.4. The van der Waals surface area contributed by atoms with E-state index in [1.54, 1.807) is 0 Å². The number of aliphatic hydroxyl groups is 11. The summed E-state index contributed by atoms with van der Waals surface area (Å²) in [5.41, 5.74) is 0. The molecule has 14 N–H and O–H groups in total. The van der Waals surface area contributed by atoms with E-state index in [-0.39, 0.29) is 18.9 Å². The zero-order chi connectivity index (χ0) is 70.4. The van der Waals surface area contributed by atoms with Gasteiger partial charge in [-0.15, -0.1) is 0 Å². The fraction of sp³-hybridized carbons (Fsp3) is 0.904. The van der Waals surface area contributed by atoms with E-state index in [1.165, 1.54) is 167 Å². The van der Waals surface area contributed by atoms with Crippen LogP contribution in [-0.4, -0.2) is 215 Å². The lowest BCUT2D eigenvalue weighted by Crippen LogP contribution is -2.70. The number of carbonyl (C=O) groups is 3. The minimum absolute atomic E-state index is 0.220. The highest BCUT2D eigenvalue weighted by atomic mass is 16.8. The number of aliphatic hydroxyl groups excluding tert-OH is 11. The Hall–Kier alpha value is -2.79.